The second-order valence-electron chi connectivity index (χ2n) is 7.86. The van der Waals surface area contributed by atoms with Crippen LogP contribution in [0.25, 0.3) is 0 Å². The van der Waals surface area contributed by atoms with Gasteiger partial charge in [-0.3, -0.25) is 0 Å². The fourth-order valence-corrected chi connectivity index (χ4v) is 4.27. The highest BCUT2D eigenvalue weighted by Crippen LogP contribution is 2.47. The summed E-state index contributed by atoms with van der Waals surface area (Å²) in [5, 5.41) is 8.28. The van der Waals surface area contributed by atoms with E-state index in [2.05, 4.69) is 56.8 Å². The van der Waals surface area contributed by atoms with E-state index in [1.807, 2.05) is 11.3 Å². The lowest BCUT2D eigenvalue weighted by atomic mass is 9.64. The molecule has 1 nitrogen and oxygen atoms in total. The Labute approximate surface area is 129 Å². The fraction of sp³-hybridized carbons (Fsp3) is 0.778. The van der Waals surface area contributed by atoms with E-state index in [9.17, 15) is 0 Å². The Bertz CT molecular complexity index is 388. The molecule has 2 rings (SSSR count). The third kappa shape index (κ3) is 4.08. The summed E-state index contributed by atoms with van der Waals surface area (Å²) in [4.78, 5) is 0. The first-order chi connectivity index (χ1) is 9.38. The van der Waals surface area contributed by atoms with Gasteiger partial charge in [0, 0.05) is 6.04 Å². The molecule has 0 aliphatic heterocycles. The third-order valence-corrected chi connectivity index (χ3v) is 5.68. The molecule has 114 valence electrons. The lowest BCUT2D eigenvalue weighted by Crippen LogP contribution is -2.37. The van der Waals surface area contributed by atoms with Crippen LogP contribution in [0.3, 0.4) is 0 Å². The van der Waals surface area contributed by atoms with Gasteiger partial charge in [0.05, 0.1) is 0 Å². The fourth-order valence-electron chi connectivity index (χ4n) is 3.55. The predicted octanol–water partition coefficient (Wildman–Crippen LogP) is 5.29. The largest absolute Gasteiger partial charge is 0.314 e. The molecule has 1 fully saturated rings. The van der Waals surface area contributed by atoms with Gasteiger partial charge < -0.3 is 5.32 Å². The van der Waals surface area contributed by atoms with E-state index in [1.54, 1.807) is 5.56 Å². The normalized spacial score (nSPS) is 28.0. The molecule has 1 N–H and O–H groups in total. The molecular formula is C18H31NS. The van der Waals surface area contributed by atoms with Crippen molar-refractivity contribution in [1.82, 2.24) is 5.32 Å². The quantitative estimate of drug-likeness (QED) is 0.795. The summed E-state index contributed by atoms with van der Waals surface area (Å²) < 4.78 is 0. The molecule has 1 aliphatic rings. The maximum absolute atomic E-state index is 3.66. The van der Waals surface area contributed by atoms with Crippen LogP contribution in [-0.4, -0.2) is 12.6 Å². The number of rotatable bonds is 4. The van der Waals surface area contributed by atoms with Gasteiger partial charge in [-0.1, -0.05) is 34.6 Å². The Morgan fingerprint density at radius 3 is 2.60 bits per heavy atom. The molecule has 3 atom stereocenters. The van der Waals surface area contributed by atoms with E-state index in [4.69, 9.17) is 0 Å². The van der Waals surface area contributed by atoms with Gasteiger partial charge >= 0.3 is 0 Å². The Morgan fingerprint density at radius 2 is 2.05 bits per heavy atom. The third-order valence-electron chi connectivity index (χ3n) is 4.98. The Balaban J connectivity index is 2.09. The smallest absolute Gasteiger partial charge is 0.00104 e. The summed E-state index contributed by atoms with van der Waals surface area (Å²) in [6.07, 6.45) is 4.14. The molecule has 1 aliphatic carbocycles. The van der Waals surface area contributed by atoms with Crippen LogP contribution in [0.4, 0.5) is 0 Å². The van der Waals surface area contributed by atoms with Gasteiger partial charge in [-0.05, 0) is 71.4 Å². The molecule has 0 saturated heterocycles. The maximum Gasteiger partial charge on any atom is 0.00104 e. The van der Waals surface area contributed by atoms with Gasteiger partial charge in [0.2, 0.25) is 0 Å². The average molecular weight is 294 g/mol. The zero-order chi connectivity index (χ0) is 14.8. The predicted molar refractivity (Wildman–Crippen MR) is 90.5 cm³/mol. The Hall–Kier alpha value is -0.340. The van der Waals surface area contributed by atoms with Crippen molar-refractivity contribution in [3.63, 3.8) is 0 Å². The second kappa shape index (κ2) is 6.62. The standard InChI is InChI=1S/C18H31NS/c1-13(2)19-11-14-6-7-16(18(3,4)5)10-17(14)15-8-9-20-12-15/h8-9,12-14,16-17,19H,6-7,10-11H2,1-5H3. The van der Waals surface area contributed by atoms with Crippen LogP contribution < -0.4 is 5.32 Å². The second-order valence-corrected chi connectivity index (χ2v) is 8.64. The highest BCUT2D eigenvalue weighted by Gasteiger charge is 2.36. The molecule has 0 aromatic carbocycles. The molecule has 1 saturated carbocycles. The minimum atomic E-state index is 0.449. The molecule has 0 amide bonds. The highest BCUT2D eigenvalue weighted by molar-refractivity contribution is 7.07. The van der Waals surface area contributed by atoms with E-state index in [1.165, 1.54) is 25.8 Å². The SMILES string of the molecule is CC(C)NCC1CCC(C(C)(C)C)CC1c1ccsc1. The molecule has 0 spiro atoms. The minimum Gasteiger partial charge on any atom is -0.314 e. The number of hydrogen-bond acceptors (Lipinski definition) is 2. The zero-order valence-corrected chi connectivity index (χ0v) is 14.6. The molecule has 3 unspecified atom stereocenters. The van der Waals surface area contributed by atoms with Gasteiger partial charge in [-0.15, -0.1) is 0 Å². The monoisotopic (exact) mass is 293 g/mol. The van der Waals surface area contributed by atoms with Crippen molar-refractivity contribution < 1.29 is 0 Å². The van der Waals surface area contributed by atoms with Crippen LogP contribution in [0.15, 0.2) is 16.8 Å². The topological polar surface area (TPSA) is 12.0 Å². The summed E-state index contributed by atoms with van der Waals surface area (Å²) in [5.74, 6) is 2.43. The summed E-state index contributed by atoms with van der Waals surface area (Å²) in [5.41, 5.74) is 2.03. The van der Waals surface area contributed by atoms with Crippen LogP contribution in [0.5, 0.6) is 0 Å². The maximum atomic E-state index is 3.66. The van der Waals surface area contributed by atoms with Crippen molar-refractivity contribution in [2.75, 3.05) is 6.54 Å². The minimum absolute atomic E-state index is 0.449. The van der Waals surface area contributed by atoms with Crippen LogP contribution >= 0.6 is 11.3 Å². The van der Waals surface area contributed by atoms with Crippen LogP contribution in [0.1, 0.15) is 65.4 Å². The van der Waals surface area contributed by atoms with Crippen molar-refractivity contribution in [2.24, 2.45) is 17.3 Å². The first kappa shape index (κ1) is 16.0. The van der Waals surface area contributed by atoms with Gasteiger partial charge in [0.1, 0.15) is 0 Å². The van der Waals surface area contributed by atoms with E-state index < -0.39 is 0 Å². The van der Waals surface area contributed by atoms with Gasteiger partial charge in [-0.25, -0.2) is 0 Å². The molecule has 1 aromatic heterocycles. The van der Waals surface area contributed by atoms with E-state index >= 15 is 0 Å². The highest BCUT2D eigenvalue weighted by atomic mass is 32.1. The first-order valence-electron chi connectivity index (χ1n) is 8.13. The van der Waals surface area contributed by atoms with Crippen molar-refractivity contribution in [1.29, 1.82) is 0 Å². The Morgan fingerprint density at radius 1 is 1.30 bits per heavy atom. The summed E-state index contributed by atoms with van der Waals surface area (Å²) in [7, 11) is 0. The lowest BCUT2D eigenvalue weighted by molar-refractivity contribution is 0.128. The van der Waals surface area contributed by atoms with Crippen molar-refractivity contribution in [3.05, 3.63) is 22.4 Å². The van der Waals surface area contributed by atoms with Crippen molar-refractivity contribution in [2.45, 2.75) is 65.8 Å². The van der Waals surface area contributed by atoms with Crippen LogP contribution in [-0.2, 0) is 0 Å². The summed E-state index contributed by atoms with van der Waals surface area (Å²) >= 11 is 1.85. The van der Waals surface area contributed by atoms with Gasteiger partial charge in [-0.2, -0.15) is 11.3 Å². The molecule has 2 heteroatoms. The Kier molecular flexibility index (Phi) is 5.30. The molecular weight excluding hydrogens is 262 g/mol. The lowest BCUT2D eigenvalue weighted by Gasteiger charge is -2.42. The molecule has 20 heavy (non-hydrogen) atoms. The van der Waals surface area contributed by atoms with Gasteiger partial charge in [0.25, 0.3) is 0 Å². The van der Waals surface area contributed by atoms with Gasteiger partial charge in [0.15, 0.2) is 0 Å². The average Bonchev–Trinajstić information content (AvgIpc) is 2.88. The number of hydrogen-bond donors (Lipinski definition) is 1. The summed E-state index contributed by atoms with van der Waals surface area (Å²) in [6, 6.07) is 2.95. The van der Waals surface area contributed by atoms with Crippen LogP contribution in [0, 0.1) is 17.3 Å². The van der Waals surface area contributed by atoms with Crippen LogP contribution in [0.2, 0.25) is 0 Å². The van der Waals surface area contributed by atoms with Crippen molar-refractivity contribution in [3.8, 4) is 0 Å². The molecule has 0 radical (unpaired) electrons. The first-order valence-corrected chi connectivity index (χ1v) is 9.07. The van der Waals surface area contributed by atoms with E-state index in [-0.39, 0.29) is 0 Å². The van der Waals surface area contributed by atoms with E-state index in [0.717, 1.165) is 17.8 Å². The molecule has 0 bridgehead atoms. The summed E-state index contributed by atoms with van der Waals surface area (Å²) in [6.45, 7) is 12.9. The number of thiophene rings is 1. The number of nitrogens with one attached hydrogen (secondary N) is 1. The van der Waals surface area contributed by atoms with Crippen molar-refractivity contribution >= 4 is 11.3 Å². The molecule has 1 heterocycles. The van der Waals surface area contributed by atoms with E-state index in [0.29, 0.717) is 11.5 Å². The zero-order valence-electron chi connectivity index (χ0n) is 13.8. The molecule has 1 aromatic rings.